The van der Waals surface area contributed by atoms with Gasteiger partial charge in [-0.25, -0.2) is 12.7 Å². The quantitative estimate of drug-likeness (QED) is 0.771. The number of methoxy groups -OCH3 is 1. The summed E-state index contributed by atoms with van der Waals surface area (Å²) in [6.07, 6.45) is 2.30. The van der Waals surface area contributed by atoms with E-state index in [1.807, 2.05) is 0 Å². The minimum atomic E-state index is -4.12. The smallest absolute Gasteiger partial charge is 0.327 e. The summed E-state index contributed by atoms with van der Waals surface area (Å²) >= 11 is 0. The summed E-state index contributed by atoms with van der Waals surface area (Å²) in [5, 5.41) is 2.89. The van der Waals surface area contributed by atoms with Gasteiger partial charge in [0.2, 0.25) is 0 Å². The number of sulfonamides is 1. The first-order chi connectivity index (χ1) is 10.5. The average Bonchev–Trinajstić information content (AvgIpc) is 2.73. The Labute approximate surface area is 129 Å². The number of amides is 1. The van der Waals surface area contributed by atoms with E-state index in [2.05, 4.69) is 5.32 Å². The molecule has 0 aromatic heterocycles. The highest BCUT2D eigenvalue weighted by atomic mass is 32.2. The van der Waals surface area contributed by atoms with Crippen molar-refractivity contribution in [3.05, 3.63) is 24.3 Å². The van der Waals surface area contributed by atoms with Gasteiger partial charge in [0.1, 0.15) is 11.8 Å². The van der Waals surface area contributed by atoms with Crippen LogP contribution in [-0.2, 0) is 19.6 Å². The van der Waals surface area contributed by atoms with Crippen molar-refractivity contribution in [1.29, 1.82) is 0 Å². The van der Waals surface area contributed by atoms with Gasteiger partial charge in [-0.3, -0.25) is 9.59 Å². The largest absolute Gasteiger partial charge is 0.497 e. The molecule has 0 spiro atoms. The maximum Gasteiger partial charge on any atom is 0.327 e. The van der Waals surface area contributed by atoms with Gasteiger partial charge < -0.3 is 10.1 Å². The maximum absolute atomic E-state index is 12.6. The third kappa shape index (κ3) is 3.28. The third-order valence-corrected chi connectivity index (χ3v) is 5.21. The number of benzene rings is 1. The number of ketones is 1. The van der Waals surface area contributed by atoms with Crippen molar-refractivity contribution < 1.29 is 22.7 Å². The molecule has 8 heteroatoms. The molecule has 1 aromatic carbocycles. The molecule has 1 radical (unpaired) electrons. The number of carbonyl (C=O) groups excluding carboxylic acids is 2. The van der Waals surface area contributed by atoms with Crippen molar-refractivity contribution in [2.75, 3.05) is 20.2 Å². The number of rotatable bonds is 5. The Morgan fingerprint density at radius 3 is 2.59 bits per heavy atom. The molecule has 1 N–H and O–H groups in total. The molecule has 1 atom stereocenters. The van der Waals surface area contributed by atoms with E-state index >= 15 is 0 Å². The predicted octanol–water partition coefficient (Wildman–Crippen LogP) is 0.0742. The lowest BCUT2D eigenvalue weighted by molar-refractivity contribution is -0.120. The summed E-state index contributed by atoms with van der Waals surface area (Å²) in [5.41, 5.74) is 0. The van der Waals surface area contributed by atoms with Gasteiger partial charge in [0, 0.05) is 0 Å². The fourth-order valence-corrected chi connectivity index (χ4v) is 3.66. The minimum absolute atomic E-state index is 0.0426. The zero-order chi connectivity index (χ0) is 16.2. The first kappa shape index (κ1) is 16.4. The SMILES string of the molecule is COc1ccc(S(=O)(=O)N([C]=O)[C@H]2CCCNCC2=O)cc1. The lowest BCUT2D eigenvalue weighted by Gasteiger charge is -2.24. The monoisotopic (exact) mass is 325 g/mol. The van der Waals surface area contributed by atoms with Crippen LogP contribution in [0.4, 0.5) is 0 Å². The standard InChI is InChI=1S/C14H17N2O5S/c1-21-11-4-6-12(7-5-11)22(19,20)16(10-17)13-3-2-8-15-9-14(13)18/h4-7,13,15H,2-3,8-9H2,1H3/t13-/m0/s1. The predicted molar refractivity (Wildman–Crippen MR) is 78.6 cm³/mol. The molecule has 1 heterocycles. The van der Waals surface area contributed by atoms with Crippen LogP contribution in [0, 0.1) is 0 Å². The second kappa shape index (κ2) is 6.89. The Bertz CT molecular complexity index is 642. The van der Waals surface area contributed by atoms with Gasteiger partial charge in [-0.2, -0.15) is 0 Å². The number of nitrogens with one attached hydrogen (secondary N) is 1. The lowest BCUT2D eigenvalue weighted by atomic mass is 10.1. The zero-order valence-electron chi connectivity index (χ0n) is 12.1. The van der Waals surface area contributed by atoms with Crippen LogP contribution < -0.4 is 10.1 Å². The van der Waals surface area contributed by atoms with Crippen molar-refractivity contribution in [3.8, 4) is 5.75 Å². The second-order valence-electron chi connectivity index (χ2n) is 4.87. The molecule has 0 bridgehead atoms. The number of Topliss-reactive ketones (excluding diaryl/α,β-unsaturated/α-hetero) is 1. The lowest BCUT2D eigenvalue weighted by Crippen LogP contribution is -2.45. The molecule has 22 heavy (non-hydrogen) atoms. The van der Waals surface area contributed by atoms with Crippen LogP contribution in [0.25, 0.3) is 0 Å². The minimum Gasteiger partial charge on any atom is -0.497 e. The summed E-state index contributed by atoms with van der Waals surface area (Å²) in [6, 6.07) is 4.61. The molecule has 119 valence electrons. The molecule has 1 aliphatic heterocycles. The molecule has 1 aliphatic rings. The van der Waals surface area contributed by atoms with E-state index in [1.54, 1.807) is 0 Å². The van der Waals surface area contributed by atoms with E-state index < -0.39 is 16.1 Å². The molecule has 1 aromatic rings. The first-order valence-corrected chi connectivity index (χ1v) is 8.24. The number of hydrogen-bond donors (Lipinski definition) is 1. The molecular formula is C14H17N2O5S. The van der Waals surface area contributed by atoms with E-state index in [-0.39, 0.29) is 23.6 Å². The van der Waals surface area contributed by atoms with E-state index in [0.717, 1.165) is 0 Å². The van der Waals surface area contributed by atoms with Crippen LogP contribution in [0.15, 0.2) is 29.2 Å². The van der Waals surface area contributed by atoms with Crippen LogP contribution in [0.1, 0.15) is 12.8 Å². The van der Waals surface area contributed by atoms with Crippen molar-refractivity contribution in [1.82, 2.24) is 9.62 Å². The second-order valence-corrected chi connectivity index (χ2v) is 6.68. The van der Waals surface area contributed by atoms with Crippen LogP contribution in [0.5, 0.6) is 5.75 Å². The van der Waals surface area contributed by atoms with Crippen LogP contribution in [-0.4, -0.2) is 51.2 Å². The van der Waals surface area contributed by atoms with Crippen LogP contribution in [0.3, 0.4) is 0 Å². The number of carbonyl (C=O) groups is 1. The van der Waals surface area contributed by atoms with E-state index in [4.69, 9.17) is 4.74 Å². The Balaban J connectivity index is 2.34. The number of ether oxygens (including phenoxy) is 1. The summed E-state index contributed by atoms with van der Waals surface area (Å²) < 4.78 is 30.6. The van der Waals surface area contributed by atoms with Gasteiger partial charge in [-0.1, -0.05) is 0 Å². The van der Waals surface area contributed by atoms with Crippen molar-refractivity contribution >= 4 is 22.2 Å². The average molecular weight is 325 g/mol. The van der Waals surface area contributed by atoms with Gasteiger partial charge in [-0.15, -0.1) is 0 Å². The first-order valence-electron chi connectivity index (χ1n) is 6.80. The molecule has 1 amide bonds. The van der Waals surface area contributed by atoms with Crippen LogP contribution >= 0.6 is 0 Å². The highest BCUT2D eigenvalue weighted by Gasteiger charge is 2.35. The highest BCUT2D eigenvalue weighted by Crippen LogP contribution is 2.22. The van der Waals surface area contributed by atoms with E-state index in [1.165, 1.54) is 37.8 Å². The van der Waals surface area contributed by atoms with Gasteiger partial charge in [0.15, 0.2) is 5.78 Å². The summed E-state index contributed by atoms with van der Waals surface area (Å²) in [5.74, 6) is 0.160. The van der Waals surface area contributed by atoms with E-state index in [0.29, 0.717) is 23.0 Å². The Morgan fingerprint density at radius 1 is 1.32 bits per heavy atom. The van der Waals surface area contributed by atoms with Gasteiger partial charge >= 0.3 is 6.41 Å². The molecule has 0 unspecified atom stereocenters. The molecule has 7 nitrogen and oxygen atoms in total. The number of hydrogen-bond acceptors (Lipinski definition) is 6. The Kier molecular flexibility index (Phi) is 5.15. The fourth-order valence-electron chi connectivity index (χ4n) is 2.30. The molecule has 2 rings (SSSR count). The molecular weight excluding hydrogens is 308 g/mol. The third-order valence-electron chi connectivity index (χ3n) is 3.49. The molecule has 0 saturated carbocycles. The fraction of sp³-hybridized carbons (Fsp3) is 0.429. The summed E-state index contributed by atoms with van der Waals surface area (Å²) in [7, 11) is -2.65. The Hall–Kier alpha value is -1.93. The van der Waals surface area contributed by atoms with Gasteiger partial charge in [-0.05, 0) is 43.7 Å². The molecule has 1 fully saturated rings. The topological polar surface area (TPSA) is 92.8 Å². The molecule has 0 aliphatic carbocycles. The molecule has 1 saturated heterocycles. The Morgan fingerprint density at radius 2 is 2.00 bits per heavy atom. The van der Waals surface area contributed by atoms with Crippen molar-refractivity contribution in [3.63, 3.8) is 0 Å². The van der Waals surface area contributed by atoms with Gasteiger partial charge in [0.05, 0.1) is 18.6 Å². The normalized spacial score (nSPS) is 19.3. The maximum atomic E-state index is 12.6. The summed E-state index contributed by atoms with van der Waals surface area (Å²) in [4.78, 5) is 23.2. The highest BCUT2D eigenvalue weighted by molar-refractivity contribution is 7.89. The summed E-state index contributed by atoms with van der Waals surface area (Å²) in [6.45, 7) is 0.651. The van der Waals surface area contributed by atoms with E-state index in [9.17, 15) is 18.0 Å². The zero-order valence-corrected chi connectivity index (χ0v) is 12.9. The van der Waals surface area contributed by atoms with Crippen LogP contribution in [0.2, 0.25) is 0 Å². The number of nitrogens with zero attached hydrogens (tertiary/aromatic N) is 1. The van der Waals surface area contributed by atoms with Crippen molar-refractivity contribution in [2.24, 2.45) is 0 Å². The van der Waals surface area contributed by atoms with Crippen molar-refractivity contribution in [2.45, 2.75) is 23.8 Å². The van der Waals surface area contributed by atoms with Gasteiger partial charge in [0.25, 0.3) is 10.0 Å².